The molecular weight excluding hydrogens is 362 g/mol. The molecule has 2 rings (SSSR count). The van der Waals surface area contributed by atoms with Gasteiger partial charge in [0.2, 0.25) is 0 Å². The number of anilines is 3. The van der Waals surface area contributed by atoms with Crippen molar-refractivity contribution in [1.82, 2.24) is 0 Å². The predicted octanol–water partition coefficient (Wildman–Crippen LogP) is 4.70. The molecule has 0 amide bonds. The highest BCUT2D eigenvalue weighted by Gasteiger charge is 2.23. The van der Waals surface area contributed by atoms with Gasteiger partial charge in [-0.1, -0.05) is 41.5 Å². The Morgan fingerprint density at radius 2 is 1.50 bits per heavy atom. The molecule has 0 bridgehead atoms. The molecule has 152 valence electrons. The summed E-state index contributed by atoms with van der Waals surface area (Å²) in [5.74, 6) is -0.0438. The molecule has 0 heterocycles. The first-order valence-corrected chi connectivity index (χ1v) is 8.79. The van der Waals surface area contributed by atoms with Gasteiger partial charge in [-0.2, -0.15) is 0 Å². The molecule has 0 saturated heterocycles. The summed E-state index contributed by atoms with van der Waals surface area (Å²) >= 11 is 0. The van der Waals surface area contributed by atoms with Crippen LogP contribution in [0.3, 0.4) is 0 Å². The molecule has 0 spiro atoms. The Labute approximate surface area is 164 Å². The van der Waals surface area contributed by atoms with Gasteiger partial charge in [-0.3, -0.25) is 15.3 Å². The third-order valence-electron chi connectivity index (χ3n) is 4.38. The van der Waals surface area contributed by atoms with Crippen LogP contribution in [0.4, 0.5) is 22.7 Å². The van der Waals surface area contributed by atoms with Crippen LogP contribution in [0.25, 0.3) is 0 Å². The second kappa shape index (κ2) is 7.29. The van der Waals surface area contributed by atoms with Gasteiger partial charge < -0.3 is 20.9 Å². The molecule has 0 atom stereocenters. The topological polar surface area (TPSA) is 125 Å². The van der Waals surface area contributed by atoms with Gasteiger partial charge in [-0.25, -0.2) is 0 Å². The van der Waals surface area contributed by atoms with Crippen molar-refractivity contribution in [1.29, 1.82) is 0 Å². The normalized spacial score (nSPS) is 12.0. The van der Waals surface area contributed by atoms with E-state index in [-0.39, 0.29) is 22.8 Å². The highest BCUT2D eigenvalue weighted by molar-refractivity contribution is 5.74. The Balaban J connectivity index is 2.62. The first-order chi connectivity index (χ1) is 12.7. The smallest absolute Gasteiger partial charge is 0.294 e. The molecule has 2 N–H and O–H groups in total. The van der Waals surface area contributed by atoms with Crippen LogP contribution in [0.15, 0.2) is 30.3 Å². The van der Waals surface area contributed by atoms with Crippen molar-refractivity contribution in [2.75, 3.05) is 10.5 Å². The third kappa shape index (κ3) is 4.52. The summed E-state index contributed by atoms with van der Waals surface area (Å²) in [7, 11) is 0. The van der Waals surface area contributed by atoms with Crippen LogP contribution in [0.5, 0.6) is 5.75 Å². The fraction of sp³-hybridized carbons (Fsp3) is 0.400. The average Bonchev–Trinajstić information content (AvgIpc) is 2.54. The number of nitrogens with zero attached hydrogens (tertiary/aromatic N) is 2. The lowest BCUT2D eigenvalue weighted by Crippen LogP contribution is -2.21. The number of nitro groups is 1. The molecule has 0 radical (unpaired) electrons. The van der Waals surface area contributed by atoms with Crippen molar-refractivity contribution in [2.45, 2.75) is 52.4 Å². The SMILES string of the molecule is CC(C)(C)c1cc(Nc2ccc(N([O-])O)cc2[N+](=O)[O-])cc(C(C)(C)C)c1[O-]. The van der Waals surface area contributed by atoms with Crippen molar-refractivity contribution in [3.05, 3.63) is 56.8 Å². The first kappa shape index (κ1) is 21.5. The quantitative estimate of drug-likeness (QED) is 0.575. The summed E-state index contributed by atoms with van der Waals surface area (Å²) in [5.41, 5.74) is 0.439. The number of rotatable bonds is 4. The van der Waals surface area contributed by atoms with Crippen molar-refractivity contribution in [3.63, 3.8) is 0 Å². The van der Waals surface area contributed by atoms with Crippen LogP contribution in [-0.4, -0.2) is 10.1 Å². The van der Waals surface area contributed by atoms with Crippen LogP contribution in [0.1, 0.15) is 52.7 Å². The first-order valence-electron chi connectivity index (χ1n) is 8.79. The zero-order valence-electron chi connectivity index (χ0n) is 16.9. The minimum Gasteiger partial charge on any atom is -0.872 e. The lowest BCUT2D eigenvalue weighted by Gasteiger charge is -2.34. The number of nitro benzene ring substituents is 1. The van der Waals surface area contributed by atoms with Crippen molar-refractivity contribution in [3.8, 4) is 5.75 Å². The van der Waals surface area contributed by atoms with E-state index in [1.807, 2.05) is 41.5 Å². The summed E-state index contributed by atoms with van der Waals surface area (Å²) in [6, 6.07) is 6.97. The number of hydrogen-bond acceptors (Lipinski definition) is 7. The van der Waals surface area contributed by atoms with E-state index < -0.39 is 21.0 Å². The van der Waals surface area contributed by atoms with Crippen molar-refractivity contribution >= 4 is 22.7 Å². The lowest BCUT2D eigenvalue weighted by atomic mass is 9.79. The predicted molar refractivity (Wildman–Crippen MR) is 107 cm³/mol. The van der Waals surface area contributed by atoms with E-state index in [2.05, 4.69) is 5.32 Å². The van der Waals surface area contributed by atoms with Crippen LogP contribution in [0, 0.1) is 15.3 Å². The standard InChI is InChI=1S/C20H26N3O5/c1-19(2,3)14-9-12(10-15(18(14)24)20(4,5)6)21-16-8-7-13(22(25)26)11-17(16)23(27)28/h7-11,21,24-25H,1-6H3/q-1/p-1. The zero-order valence-corrected chi connectivity index (χ0v) is 16.9. The van der Waals surface area contributed by atoms with Gasteiger partial charge in [0.25, 0.3) is 5.69 Å². The molecule has 0 aromatic heterocycles. The molecule has 2 aromatic rings. The summed E-state index contributed by atoms with van der Waals surface area (Å²) < 4.78 is 0. The molecule has 8 heteroatoms. The Morgan fingerprint density at radius 1 is 1.00 bits per heavy atom. The van der Waals surface area contributed by atoms with E-state index in [1.165, 1.54) is 12.1 Å². The molecule has 0 unspecified atom stereocenters. The van der Waals surface area contributed by atoms with Gasteiger partial charge in [0, 0.05) is 11.8 Å². The van der Waals surface area contributed by atoms with Gasteiger partial charge >= 0.3 is 0 Å². The number of benzene rings is 2. The third-order valence-corrected chi connectivity index (χ3v) is 4.38. The van der Waals surface area contributed by atoms with Crippen LogP contribution >= 0.6 is 0 Å². The average molecular weight is 387 g/mol. The molecule has 0 aliphatic carbocycles. The molecule has 0 aliphatic heterocycles. The fourth-order valence-electron chi connectivity index (χ4n) is 2.87. The monoisotopic (exact) mass is 387 g/mol. The lowest BCUT2D eigenvalue weighted by molar-refractivity contribution is -0.383. The Hall–Kier alpha value is -2.84. The van der Waals surface area contributed by atoms with Gasteiger partial charge in [-0.15, -0.1) is 5.75 Å². The van der Waals surface area contributed by atoms with Gasteiger partial charge in [0.1, 0.15) is 5.69 Å². The van der Waals surface area contributed by atoms with E-state index in [9.17, 15) is 20.4 Å². The highest BCUT2D eigenvalue weighted by Crippen LogP contribution is 2.41. The molecule has 8 nitrogen and oxygen atoms in total. The fourth-order valence-corrected chi connectivity index (χ4v) is 2.87. The summed E-state index contributed by atoms with van der Waals surface area (Å²) in [5, 5.41) is 46.9. The minimum absolute atomic E-state index is 0.0438. The minimum atomic E-state index is -0.646. The van der Waals surface area contributed by atoms with Crippen LogP contribution < -0.4 is 15.6 Å². The van der Waals surface area contributed by atoms with E-state index in [0.717, 1.165) is 6.07 Å². The van der Waals surface area contributed by atoms with E-state index >= 15 is 0 Å². The second-order valence-electron chi connectivity index (χ2n) is 8.76. The summed E-state index contributed by atoms with van der Waals surface area (Å²) in [6.45, 7) is 11.6. The zero-order chi connectivity index (χ0) is 21.4. The number of hydrogen-bond donors (Lipinski definition) is 2. The molecule has 0 fully saturated rings. The van der Waals surface area contributed by atoms with E-state index in [0.29, 0.717) is 16.8 Å². The van der Waals surface area contributed by atoms with Gasteiger partial charge in [0.05, 0.1) is 10.6 Å². The van der Waals surface area contributed by atoms with Crippen molar-refractivity contribution in [2.24, 2.45) is 0 Å². The number of nitrogens with one attached hydrogen (secondary N) is 1. The molecule has 0 saturated carbocycles. The van der Waals surface area contributed by atoms with E-state index in [4.69, 9.17) is 5.21 Å². The molecule has 0 aliphatic rings. The van der Waals surface area contributed by atoms with Crippen LogP contribution in [-0.2, 0) is 10.8 Å². The Bertz CT molecular complexity index is 861. The molecular formula is C20H25N3O5-2. The van der Waals surface area contributed by atoms with E-state index in [1.54, 1.807) is 12.1 Å². The summed E-state index contributed by atoms with van der Waals surface area (Å²) in [6.07, 6.45) is 0. The maximum absolute atomic E-state index is 13.0. The molecule has 2 aromatic carbocycles. The Morgan fingerprint density at radius 3 is 1.89 bits per heavy atom. The molecule has 28 heavy (non-hydrogen) atoms. The van der Waals surface area contributed by atoms with Gasteiger partial charge in [0.15, 0.2) is 0 Å². The van der Waals surface area contributed by atoms with Gasteiger partial charge in [-0.05, 0) is 46.2 Å². The second-order valence-corrected chi connectivity index (χ2v) is 8.76. The maximum Gasteiger partial charge on any atom is 0.294 e. The van der Waals surface area contributed by atoms with Crippen molar-refractivity contribution < 1.29 is 15.2 Å². The largest absolute Gasteiger partial charge is 0.872 e. The summed E-state index contributed by atoms with van der Waals surface area (Å²) in [4.78, 5) is 10.8. The Kier molecular flexibility index (Phi) is 5.59. The van der Waals surface area contributed by atoms with Crippen LogP contribution in [0.2, 0.25) is 0 Å². The maximum atomic E-state index is 13.0. The highest BCUT2D eigenvalue weighted by atomic mass is 16.8.